The second kappa shape index (κ2) is 7.46. The molecule has 1 heterocycles. The van der Waals surface area contributed by atoms with E-state index in [1.54, 1.807) is 4.90 Å². The number of amides is 1. The van der Waals surface area contributed by atoms with Crippen molar-refractivity contribution in [3.8, 4) is 0 Å². The summed E-state index contributed by atoms with van der Waals surface area (Å²) in [6, 6.07) is 10.8. The highest BCUT2D eigenvalue weighted by Crippen LogP contribution is 2.17. The Balaban J connectivity index is 2.26. The van der Waals surface area contributed by atoms with Gasteiger partial charge < -0.3 is 9.32 Å². The average molecular weight is 348 g/mol. The monoisotopic (exact) mass is 348 g/mol. The lowest BCUT2D eigenvalue weighted by atomic mass is 10.2. The first-order valence-electron chi connectivity index (χ1n) is 7.33. The first-order chi connectivity index (χ1) is 11.3. The van der Waals surface area contributed by atoms with Crippen LogP contribution >= 0.6 is 0 Å². The van der Waals surface area contributed by atoms with E-state index in [0.29, 0.717) is 13.1 Å². The molecule has 1 N–H and O–H groups in total. The van der Waals surface area contributed by atoms with E-state index in [1.165, 1.54) is 13.1 Å². The van der Waals surface area contributed by atoms with Gasteiger partial charge in [0.1, 0.15) is 6.26 Å². The zero-order chi connectivity index (χ0) is 17.7. The highest BCUT2D eigenvalue weighted by Gasteiger charge is 2.23. The van der Waals surface area contributed by atoms with Crippen LogP contribution in [0.25, 0.3) is 0 Å². The van der Waals surface area contributed by atoms with E-state index in [9.17, 15) is 13.2 Å². The Morgan fingerprint density at radius 2 is 1.96 bits per heavy atom. The minimum absolute atomic E-state index is 0.181. The molecule has 1 amide bonds. The molecule has 0 aliphatic carbocycles. The lowest BCUT2D eigenvalue weighted by Gasteiger charge is -2.22. The predicted molar refractivity (Wildman–Crippen MR) is 91.0 cm³/mol. The third-order valence-electron chi connectivity index (χ3n) is 3.32. The van der Waals surface area contributed by atoms with E-state index < -0.39 is 10.0 Å². The van der Waals surface area contributed by atoms with Crippen LogP contribution in [0.2, 0.25) is 0 Å². The number of sulfonamides is 1. The first kappa shape index (κ1) is 18.0. The van der Waals surface area contributed by atoms with Crippen LogP contribution in [0.4, 0.5) is 0 Å². The molecule has 0 spiro atoms. The van der Waals surface area contributed by atoms with Crippen LogP contribution in [0.5, 0.6) is 0 Å². The molecule has 0 atom stereocenters. The highest BCUT2D eigenvalue weighted by atomic mass is 32.2. The Morgan fingerprint density at radius 3 is 2.54 bits per heavy atom. The summed E-state index contributed by atoms with van der Waals surface area (Å²) in [5.74, 6) is -0.317. The molecule has 0 saturated carbocycles. The molecule has 0 unspecified atom stereocenters. The molecule has 24 heavy (non-hydrogen) atoms. The second-order valence-electron chi connectivity index (χ2n) is 5.47. The van der Waals surface area contributed by atoms with Crippen molar-refractivity contribution >= 4 is 15.9 Å². The summed E-state index contributed by atoms with van der Waals surface area (Å²) in [6.07, 6.45) is 1.16. The van der Waals surface area contributed by atoms with Gasteiger partial charge in [-0.15, -0.1) is 0 Å². The number of furan rings is 1. The normalized spacial score (nSPS) is 11.2. The molecule has 2 rings (SSSR count). The van der Waals surface area contributed by atoms with Crippen molar-refractivity contribution in [2.24, 2.45) is 0 Å². The SMILES string of the molecule is C=C(C)CN(Cc1ccccc1)C(=O)c1coc(S(=O)(=O)NC)c1. The molecule has 6 nitrogen and oxygen atoms in total. The van der Waals surface area contributed by atoms with Crippen LogP contribution in [0, 0.1) is 0 Å². The maximum Gasteiger partial charge on any atom is 0.273 e. The Labute approximate surface area is 141 Å². The lowest BCUT2D eigenvalue weighted by Crippen LogP contribution is -2.31. The molecule has 0 saturated heterocycles. The van der Waals surface area contributed by atoms with Gasteiger partial charge in [0.05, 0.1) is 5.56 Å². The van der Waals surface area contributed by atoms with E-state index in [1.807, 2.05) is 37.3 Å². The molecule has 0 fully saturated rings. The number of carbonyl (C=O) groups is 1. The number of nitrogens with zero attached hydrogens (tertiary/aromatic N) is 1. The van der Waals surface area contributed by atoms with Gasteiger partial charge in [0.25, 0.3) is 15.9 Å². The molecular weight excluding hydrogens is 328 g/mol. The molecule has 1 aromatic heterocycles. The molecule has 0 aliphatic rings. The fourth-order valence-electron chi connectivity index (χ4n) is 2.18. The van der Waals surface area contributed by atoms with Gasteiger partial charge in [-0.25, -0.2) is 13.1 Å². The van der Waals surface area contributed by atoms with Gasteiger partial charge in [0.2, 0.25) is 5.09 Å². The summed E-state index contributed by atoms with van der Waals surface area (Å²) >= 11 is 0. The molecule has 1 aromatic carbocycles. The maximum absolute atomic E-state index is 12.7. The lowest BCUT2D eigenvalue weighted by molar-refractivity contribution is 0.0758. The number of carbonyl (C=O) groups excluding carboxylic acids is 1. The van der Waals surface area contributed by atoms with Crippen molar-refractivity contribution in [2.45, 2.75) is 18.6 Å². The third-order valence-corrected chi connectivity index (χ3v) is 4.60. The average Bonchev–Trinajstić information content (AvgIpc) is 3.05. The van der Waals surface area contributed by atoms with E-state index >= 15 is 0 Å². The Morgan fingerprint density at radius 1 is 1.29 bits per heavy atom. The highest BCUT2D eigenvalue weighted by molar-refractivity contribution is 7.89. The minimum atomic E-state index is -3.72. The van der Waals surface area contributed by atoms with Gasteiger partial charge in [-0.1, -0.05) is 42.5 Å². The van der Waals surface area contributed by atoms with Crippen LogP contribution in [-0.4, -0.2) is 32.8 Å². The molecule has 2 aromatic rings. The fourth-order valence-corrected chi connectivity index (χ4v) is 2.84. The molecule has 0 aliphatic heterocycles. The molecule has 0 bridgehead atoms. The van der Waals surface area contributed by atoms with Crippen molar-refractivity contribution in [1.29, 1.82) is 0 Å². The van der Waals surface area contributed by atoms with E-state index in [2.05, 4.69) is 11.3 Å². The number of benzene rings is 1. The van der Waals surface area contributed by atoms with Crippen molar-refractivity contribution in [1.82, 2.24) is 9.62 Å². The van der Waals surface area contributed by atoms with Gasteiger partial charge in [0.15, 0.2) is 0 Å². The van der Waals surface area contributed by atoms with Gasteiger partial charge >= 0.3 is 0 Å². The molecular formula is C17H20N2O4S. The third kappa shape index (κ3) is 4.33. The largest absolute Gasteiger partial charge is 0.451 e. The predicted octanol–water partition coefficient (Wildman–Crippen LogP) is 2.41. The topological polar surface area (TPSA) is 79.6 Å². The zero-order valence-corrected chi connectivity index (χ0v) is 14.5. The van der Waals surface area contributed by atoms with Gasteiger partial charge in [-0.3, -0.25) is 4.79 Å². The van der Waals surface area contributed by atoms with Gasteiger partial charge in [0, 0.05) is 19.2 Å². The van der Waals surface area contributed by atoms with Crippen molar-refractivity contribution in [3.63, 3.8) is 0 Å². The van der Waals surface area contributed by atoms with E-state index in [-0.39, 0.29) is 16.6 Å². The summed E-state index contributed by atoms with van der Waals surface area (Å²) in [6.45, 7) is 6.44. The van der Waals surface area contributed by atoms with Gasteiger partial charge in [-0.05, 0) is 19.5 Å². The number of hydrogen-bond acceptors (Lipinski definition) is 4. The Bertz CT molecular complexity index is 825. The van der Waals surface area contributed by atoms with Gasteiger partial charge in [-0.2, -0.15) is 0 Å². The first-order valence-corrected chi connectivity index (χ1v) is 8.81. The number of nitrogens with one attached hydrogen (secondary N) is 1. The standard InChI is InChI=1S/C17H20N2O4S/c1-13(2)10-19(11-14-7-5-4-6-8-14)17(20)15-9-16(23-12-15)24(21,22)18-3/h4-9,12,18H,1,10-11H2,2-3H3. The second-order valence-corrected chi connectivity index (χ2v) is 7.28. The fraction of sp³-hybridized carbons (Fsp3) is 0.235. The van der Waals surface area contributed by atoms with E-state index in [4.69, 9.17) is 4.42 Å². The molecule has 128 valence electrons. The van der Waals surface area contributed by atoms with E-state index in [0.717, 1.165) is 17.4 Å². The van der Waals surface area contributed by atoms with Crippen LogP contribution in [0.1, 0.15) is 22.8 Å². The summed E-state index contributed by atoms with van der Waals surface area (Å²) in [4.78, 5) is 14.3. The minimum Gasteiger partial charge on any atom is -0.451 e. The smallest absolute Gasteiger partial charge is 0.273 e. The maximum atomic E-state index is 12.7. The summed E-state index contributed by atoms with van der Waals surface area (Å²) in [5, 5.41) is -0.289. The van der Waals surface area contributed by atoms with Crippen LogP contribution < -0.4 is 4.72 Å². The number of rotatable bonds is 7. The zero-order valence-electron chi connectivity index (χ0n) is 13.7. The summed E-state index contributed by atoms with van der Waals surface area (Å²) < 4.78 is 30.6. The Kier molecular flexibility index (Phi) is 5.58. The van der Waals surface area contributed by atoms with Crippen molar-refractivity contribution < 1.29 is 17.6 Å². The summed E-state index contributed by atoms with van der Waals surface area (Å²) in [5.41, 5.74) is 1.98. The number of hydrogen-bond donors (Lipinski definition) is 1. The van der Waals surface area contributed by atoms with Crippen LogP contribution in [0.15, 0.2) is 64.3 Å². The Hall–Kier alpha value is -2.38. The molecule has 7 heteroatoms. The quantitative estimate of drug-likeness (QED) is 0.779. The summed E-state index contributed by atoms with van der Waals surface area (Å²) in [7, 11) is -2.44. The van der Waals surface area contributed by atoms with Crippen LogP contribution in [0.3, 0.4) is 0 Å². The van der Waals surface area contributed by atoms with Crippen molar-refractivity contribution in [3.05, 3.63) is 65.9 Å². The molecule has 0 radical (unpaired) electrons. The van der Waals surface area contributed by atoms with Crippen molar-refractivity contribution in [2.75, 3.05) is 13.6 Å². The van der Waals surface area contributed by atoms with Crippen LogP contribution in [-0.2, 0) is 16.6 Å².